The Hall–Kier alpha value is -0.450. The summed E-state index contributed by atoms with van der Waals surface area (Å²) < 4.78 is 0. The average Bonchev–Trinajstić information content (AvgIpc) is 2.93. The SMILES string of the molecule is C[C@]12CCC(=O)[C@@](C)(CO)[C@@H]1CC[C@H]1C[C@@H]3C[C@@]12CC[C@]3(O)CO. The van der Waals surface area contributed by atoms with Crippen molar-refractivity contribution in [2.24, 2.45) is 34.0 Å². The van der Waals surface area contributed by atoms with Crippen LogP contribution in [0.5, 0.6) is 0 Å². The molecular formula is C20H32O4. The molecule has 3 N–H and O–H groups in total. The number of hydrogen-bond donors (Lipinski definition) is 3. The van der Waals surface area contributed by atoms with Crippen LogP contribution in [0.25, 0.3) is 0 Å². The van der Waals surface area contributed by atoms with Crippen LogP contribution in [0.2, 0.25) is 0 Å². The Bertz CT molecular complexity index is 562. The van der Waals surface area contributed by atoms with Gasteiger partial charge in [0, 0.05) is 6.42 Å². The highest BCUT2D eigenvalue weighted by atomic mass is 16.3. The molecule has 0 saturated heterocycles. The van der Waals surface area contributed by atoms with E-state index in [4.69, 9.17) is 0 Å². The van der Waals surface area contributed by atoms with Crippen molar-refractivity contribution in [3.63, 3.8) is 0 Å². The van der Waals surface area contributed by atoms with Gasteiger partial charge in [-0.1, -0.05) is 13.8 Å². The highest BCUT2D eigenvalue weighted by molar-refractivity contribution is 5.86. The second-order valence-corrected chi connectivity index (χ2v) is 9.80. The van der Waals surface area contributed by atoms with E-state index in [-0.39, 0.29) is 41.7 Å². The number of hydrogen-bond acceptors (Lipinski definition) is 4. The maximum Gasteiger partial charge on any atom is 0.141 e. The molecule has 4 heteroatoms. The summed E-state index contributed by atoms with van der Waals surface area (Å²) in [5.41, 5.74) is -1.26. The first-order valence-electron chi connectivity index (χ1n) is 9.73. The molecule has 7 atom stereocenters. The second kappa shape index (κ2) is 5.05. The molecule has 4 aliphatic carbocycles. The molecule has 24 heavy (non-hydrogen) atoms. The summed E-state index contributed by atoms with van der Waals surface area (Å²) in [6, 6.07) is 0. The molecule has 0 aromatic heterocycles. The molecule has 4 rings (SSSR count). The predicted molar refractivity (Wildman–Crippen MR) is 90.2 cm³/mol. The van der Waals surface area contributed by atoms with Gasteiger partial charge in [0.2, 0.25) is 0 Å². The number of aliphatic hydroxyl groups excluding tert-OH is 2. The number of Topliss-reactive ketones (excluding diaryl/α,β-unsaturated/α-hetero) is 1. The van der Waals surface area contributed by atoms with E-state index in [0.717, 1.165) is 38.5 Å². The van der Waals surface area contributed by atoms with Gasteiger partial charge in [0.15, 0.2) is 0 Å². The lowest BCUT2D eigenvalue weighted by Crippen LogP contribution is -2.62. The fourth-order valence-corrected chi connectivity index (χ4v) is 7.73. The third-order valence-corrected chi connectivity index (χ3v) is 9.32. The Labute approximate surface area is 144 Å². The standard InChI is InChI=1S/C20H32O4/c1-17(11-21)15-4-3-13-9-14-10-19(13,7-8-20(14,24)12-22)18(15,2)6-5-16(17)23/h13-15,21-22,24H,3-12H2,1-2H3/t13-,14+,15-,17-,18-,19-,20-/m0/s1. The van der Waals surface area contributed by atoms with Gasteiger partial charge in [-0.3, -0.25) is 4.79 Å². The van der Waals surface area contributed by atoms with Gasteiger partial charge in [0.25, 0.3) is 0 Å². The fourth-order valence-electron chi connectivity index (χ4n) is 7.73. The van der Waals surface area contributed by atoms with Crippen LogP contribution in [0.1, 0.15) is 65.2 Å². The van der Waals surface area contributed by atoms with E-state index < -0.39 is 11.0 Å². The van der Waals surface area contributed by atoms with Crippen molar-refractivity contribution >= 4 is 5.78 Å². The van der Waals surface area contributed by atoms with E-state index in [9.17, 15) is 20.1 Å². The van der Waals surface area contributed by atoms with Crippen molar-refractivity contribution in [2.45, 2.75) is 70.8 Å². The monoisotopic (exact) mass is 336 g/mol. The van der Waals surface area contributed by atoms with E-state index in [0.29, 0.717) is 18.8 Å². The Morgan fingerprint density at radius 3 is 2.46 bits per heavy atom. The molecule has 0 radical (unpaired) electrons. The summed E-state index contributed by atoms with van der Waals surface area (Å²) in [5, 5.41) is 30.6. The first-order chi connectivity index (χ1) is 11.3. The molecule has 0 aliphatic heterocycles. The lowest BCUT2D eigenvalue weighted by atomic mass is 9.39. The van der Waals surface area contributed by atoms with E-state index >= 15 is 0 Å². The van der Waals surface area contributed by atoms with Gasteiger partial charge < -0.3 is 15.3 Å². The number of carbonyl (C=O) groups excluding carboxylic acids is 1. The number of carbonyl (C=O) groups is 1. The summed E-state index contributed by atoms with van der Waals surface area (Å²) in [6.07, 6.45) is 7.24. The summed E-state index contributed by atoms with van der Waals surface area (Å²) in [6.45, 7) is 4.17. The van der Waals surface area contributed by atoms with E-state index in [1.165, 1.54) is 0 Å². The molecule has 4 nitrogen and oxygen atoms in total. The van der Waals surface area contributed by atoms with Crippen LogP contribution in [0.4, 0.5) is 0 Å². The smallest absolute Gasteiger partial charge is 0.141 e. The summed E-state index contributed by atoms with van der Waals surface area (Å²) in [4.78, 5) is 12.6. The highest BCUT2D eigenvalue weighted by Gasteiger charge is 2.70. The molecule has 136 valence electrons. The Kier molecular flexibility index (Phi) is 3.57. The lowest BCUT2D eigenvalue weighted by Gasteiger charge is -2.65. The molecule has 0 unspecified atom stereocenters. The predicted octanol–water partition coefficient (Wildman–Crippen LogP) is 2.29. The number of rotatable bonds is 2. The normalized spacial score (nSPS) is 56.7. The van der Waals surface area contributed by atoms with Crippen molar-refractivity contribution in [1.82, 2.24) is 0 Å². The largest absolute Gasteiger partial charge is 0.395 e. The highest BCUT2D eigenvalue weighted by Crippen LogP contribution is 2.74. The van der Waals surface area contributed by atoms with Crippen molar-refractivity contribution in [2.75, 3.05) is 13.2 Å². The Morgan fingerprint density at radius 2 is 1.79 bits per heavy atom. The number of fused-ring (bicyclic) bond motifs is 2. The summed E-state index contributed by atoms with van der Waals surface area (Å²) in [7, 11) is 0. The van der Waals surface area contributed by atoms with Crippen LogP contribution in [-0.4, -0.2) is 39.9 Å². The van der Waals surface area contributed by atoms with Gasteiger partial charge >= 0.3 is 0 Å². The van der Waals surface area contributed by atoms with Gasteiger partial charge in [-0.05, 0) is 73.5 Å². The zero-order valence-electron chi connectivity index (χ0n) is 15.1. The van der Waals surface area contributed by atoms with Crippen molar-refractivity contribution in [3.05, 3.63) is 0 Å². The molecule has 1 spiro atoms. The minimum Gasteiger partial charge on any atom is -0.395 e. The molecular weight excluding hydrogens is 304 g/mol. The van der Waals surface area contributed by atoms with Crippen molar-refractivity contribution < 1.29 is 20.1 Å². The van der Waals surface area contributed by atoms with E-state index in [2.05, 4.69) is 6.92 Å². The number of ketones is 1. The Balaban J connectivity index is 1.76. The van der Waals surface area contributed by atoms with Crippen LogP contribution in [0.3, 0.4) is 0 Å². The minimum atomic E-state index is -0.904. The van der Waals surface area contributed by atoms with Crippen molar-refractivity contribution in [3.8, 4) is 0 Å². The van der Waals surface area contributed by atoms with Gasteiger partial charge in [0.1, 0.15) is 5.78 Å². The van der Waals surface area contributed by atoms with Gasteiger partial charge in [-0.25, -0.2) is 0 Å². The van der Waals surface area contributed by atoms with Gasteiger partial charge in [-0.2, -0.15) is 0 Å². The molecule has 0 aromatic carbocycles. The van der Waals surface area contributed by atoms with Gasteiger partial charge in [0.05, 0.1) is 24.2 Å². The minimum absolute atomic E-state index is 0.0448. The molecule has 4 saturated carbocycles. The zero-order chi connectivity index (χ0) is 17.4. The van der Waals surface area contributed by atoms with Crippen LogP contribution in [0.15, 0.2) is 0 Å². The van der Waals surface area contributed by atoms with Gasteiger partial charge in [-0.15, -0.1) is 0 Å². The first-order valence-corrected chi connectivity index (χ1v) is 9.73. The second-order valence-electron chi connectivity index (χ2n) is 9.80. The molecule has 4 fully saturated rings. The van der Waals surface area contributed by atoms with Crippen LogP contribution >= 0.6 is 0 Å². The first kappa shape index (κ1) is 17.0. The zero-order valence-corrected chi connectivity index (χ0v) is 15.1. The topological polar surface area (TPSA) is 77.8 Å². The molecule has 0 heterocycles. The lowest BCUT2D eigenvalue weighted by molar-refractivity contribution is -0.190. The molecule has 4 aliphatic rings. The molecule has 0 aromatic rings. The molecule has 0 amide bonds. The third kappa shape index (κ3) is 1.78. The Morgan fingerprint density at radius 1 is 1.04 bits per heavy atom. The maximum absolute atomic E-state index is 12.6. The summed E-state index contributed by atoms with van der Waals surface area (Å²) in [5.74, 6) is 1.27. The quantitative estimate of drug-likeness (QED) is 0.723. The summed E-state index contributed by atoms with van der Waals surface area (Å²) >= 11 is 0. The average molecular weight is 336 g/mol. The maximum atomic E-state index is 12.6. The molecule has 2 bridgehead atoms. The fraction of sp³-hybridized carbons (Fsp3) is 0.950. The van der Waals surface area contributed by atoms with Crippen molar-refractivity contribution in [1.29, 1.82) is 0 Å². The third-order valence-electron chi connectivity index (χ3n) is 9.32. The van der Waals surface area contributed by atoms with E-state index in [1.54, 1.807) is 0 Å². The van der Waals surface area contributed by atoms with Crippen LogP contribution in [-0.2, 0) is 4.79 Å². The van der Waals surface area contributed by atoms with Crippen LogP contribution in [0, 0.1) is 34.0 Å². The number of aliphatic hydroxyl groups is 3. The van der Waals surface area contributed by atoms with Crippen LogP contribution < -0.4 is 0 Å². The van der Waals surface area contributed by atoms with E-state index in [1.807, 2.05) is 6.92 Å².